The minimum absolute atomic E-state index is 0.733. The van der Waals surface area contributed by atoms with E-state index >= 15 is 0 Å². The molecule has 0 radical (unpaired) electrons. The van der Waals surface area contributed by atoms with Crippen LogP contribution in [0.2, 0.25) is 5.15 Å². The van der Waals surface area contributed by atoms with Crippen molar-refractivity contribution in [1.82, 2.24) is 9.78 Å². The van der Waals surface area contributed by atoms with Crippen molar-refractivity contribution in [3.8, 4) is 0 Å². The van der Waals surface area contributed by atoms with Crippen LogP contribution in [0.1, 0.15) is 11.3 Å². The summed E-state index contributed by atoms with van der Waals surface area (Å²) in [6, 6.07) is 0. The Hall–Kier alpha value is -0.150. The molecule has 0 aromatic carbocycles. The predicted octanol–water partition coefficient (Wildman–Crippen LogP) is 1.85. The predicted molar refractivity (Wildman–Crippen MR) is 50.5 cm³/mol. The molecule has 2 nitrogen and oxygen atoms in total. The first kappa shape index (κ1) is 8.94. The fraction of sp³-hybridized carbons (Fsp3) is 0.571. The third-order valence-corrected chi connectivity index (χ3v) is 2.33. The second kappa shape index (κ2) is 3.50. The van der Waals surface area contributed by atoms with Crippen LogP contribution in [0.25, 0.3) is 0 Å². The summed E-state index contributed by atoms with van der Waals surface area (Å²) in [4.78, 5) is 0. The second-order valence-electron chi connectivity index (χ2n) is 2.45. The van der Waals surface area contributed by atoms with E-state index in [9.17, 15) is 0 Å². The molecule has 0 aliphatic heterocycles. The molecule has 0 aliphatic carbocycles. The Morgan fingerprint density at radius 3 is 2.64 bits per heavy atom. The van der Waals surface area contributed by atoms with Gasteiger partial charge in [-0.05, 0) is 19.1 Å². The highest BCUT2D eigenvalue weighted by Crippen LogP contribution is 2.18. The van der Waals surface area contributed by atoms with Crippen LogP contribution in [-0.4, -0.2) is 15.5 Å². The molecule has 1 aromatic rings. The lowest BCUT2D eigenvalue weighted by atomic mass is 10.2. The van der Waals surface area contributed by atoms with E-state index in [4.69, 9.17) is 11.6 Å². The Bertz CT molecular complexity index is 257. The number of halogens is 1. The van der Waals surface area contributed by atoms with Gasteiger partial charge in [-0.15, -0.1) is 0 Å². The summed E-state index contributed by atoms with van der Waals surface area (Å²) in [5, 5.41) is 4.91. The third kappa shape index (κ3) is 1.71. The van der Waals surface area contributed by atoms with Crippen molar-refractivity contribution in [2.75, 3.05) is 5.75 Å². The lowest BCUT2D eigenvalue weighted by Crippen LogP contribution is -1.90. The normalized spacial score (nSPS) is 10.5. The third-order valence-electron chi connectivity index (χ3n) is 1.63. The molecule has 0 spiro atoms. The summed E-state index contributed by atoms with van der Waals surface area (Å²) in [6.45, 7) is 1.96. The number of aryl methyl sites for hydroxylation is 2. The highest BCUT2D eigenvalue weighted by molar-refractivity contribution is 7.80. The minimum atomic E-state index is 0.733. The number of thiol groups is 1. The molecule has 4 heteroatoms. The van der Waals surface area contributed by atoms with Gasteiger partial charge in [0.15, 0.2) is 0 Å². The maximum Gasteiger partial charge on any atom is 0.130 e. The van der Waals surface area contributed by atoms with Crippen LogP contribution in [0.5, 0.6) is 0 Å². The zero-order valence-electron chi connectivity index (χ0n) is 6.63. The highest BCUT2D eigenvalue weighted by atomic mass is 35.5. The van der Waals surface area contributed by atoms with Crippen LogP contribution in [0.15, 0.2) is 0 Å². The van der Waals surface area contributed by atoms with Gasteiger partial charge in [-0.1, -0.05) is 11.6 Å². The van der Waals surface area contributed by atoms with E-state index in [-0.39, 0.29) is 0 Å². The number of hydrogen-bond donors (Lipinski definition) is 1. The van der Waals surface area contributed by atoms with Gasteiger partial charge in [-0.3, -0.25) is 4.68 Å². The Kier molecular flexibility index (Phi) is 2.84. The van der Waals surface area contributed by atoms with Gasteiger partial charge in [0.05, 0.1) is 5.69 Å². The molecule has 1 aromatic heterocycles. The molecule has 0 amide bonds. The van der Waals surface area contributed by atoms with Crippen LogP contribution >= 0.6 is 24.2 Å². The number of hydrogen-bond acceptors (Lipinski definition) is 2. The largest absolute Gasteiger partial charge is 0.257 e. The number of aromatic nitrogens is 2. The SMILES string of the molecule is Cc1nn(C)c(Cl)c1CCS. The molecule has 11 heavy (non-hydrogen) atoms. The van der Waals surface area contributed by atoms with Gasteiger partial charge in [-0.2, -0.15) is 17.7 Å². The Morgan fingerprint density at radius 2 is 2.27 bits per heavy atom. The smallest absolute Gasteiger partial charge is 0.130 e. The van der Waals surface area contributed by atoms with E-state index in [0.717, 1.165) is 28.6 Å². The molecule has 1 heterocycles. The second-order valence-corrected chi connectivity index (χ2v) is 3.26. The molecule has 0 N–H and O–H groups in total. The zero-order valence-corrected chi connectivity index (χ0v) is 8.28. The summed E-state index contributed by atoms with van der Waals surface area (Å²) < 4.78 is 1.69. The lowest BCUT2D eigenvalue weighted by molar-refractivity contribution is 0.757. The van der Waals surface area contributed by atoms with E-state index in [1.807, 2.05) is 14.0 Å². The topological polar surface area (TPSA) is 17.8 Å². The van der Waals surface area contributed by atoms with Gasteiger partial charge in [0, 0.05) is 12.6 Å². The minimum Gasteiger partial charge on any atom is -0.257 e. The van der Waals surface area contributed by atoms with E-state index in [1.165, 1.54) is 0 Å². The van der Waals surface area contributed by atoms with Gasteiger partial charge in [0.1, 0.15) is 5.15 Å². The molecule has 0 saturated heterocycles. The van der Waals surface area contributed by atoms with Crippen LogP contribution in [0, 0.1) is 6.92 Å². The molecule has 0 bridgehead atoms. The maximum absolute atomic E-state index is 5.96. The number of nitrogens with zero attached hydrogens (tertiary/aromatic N) is 2. The van der Waals surface area contributed by atoms with Crippen molar-refractivity contribution in [1.29, 1.82) is 0 Å². The molecule has 1 rings (SSSR count). The average molecular weight is 191 g/mol. The summed E-state index contributed by atoms with van der Waals surface area (Å²) in [5.74, 6) is 0.812. The summed E-state index contributed by atoms with van der Waals surface area (Å²) >= 11 is 10.1. The molecule has 62 valence electrons. The van der Waals surface area contributed by atoms with Gasteiger partial charge in [0.25, 0.3) is 0 Å². The van der Waals surface area contributed by atoms with Crippen LogP contribution < -0.4 is 0 Å². The summed E-state index contributed by atoms with van der Waals surface area (Å²) in [7, 11) is 1.84. The van der Waals surface area contributed by atoms with Crippen LogP contribution in [0.4, 0.5) is 0 Å². The molecule has 0 aliphatic rings. The fourth-order valence-electron chi connectivity index (χ4n) is 1.07. The molecular formula is C7H11ClN2S. The van der Waals surface area contributed by atoms with Crippen molar-refractivity contribution in [2.24, 2.45) is 7.05 Å². The molecular weight excluding hydrogens is 180 g/mol. The molecule has 0 atom stereocenters. The first-order chi connectivity index (χ1) is 5.16. The first-order valence-electron chi connectivity index (χ1n) is 3.45. The molecule has 0 saturated carbocycles. The fourth-order valence-corrected chi connectivity index (χ4v) is 1.56. The monoisotopic (exact) mass is 190 g/mol. The summed E-state index contributed by atoms with van der Waals surface area (Å²) in [6.07, 6.45) is 0.890. The maximum atomic E-state index is 5.96. The molecule has 0 unspecified atom stereocenters. The quantitative estimate of drug-likeness (QED) is 0.705. The Morgan fingerprint density at radius 1 is 1.64 bits per heavy atom. The van der Waals surface area contributed by atoms with E-state index in [0.29, 0.717) is 0 Å². The van der Waals surface area contributed by atoms with Gasteiger partial charge < -0.3 is 0 Å². The standard InChI is InChI=1S/C7H11ClN2S/c1-5-6(3-4-11)7(8)10(2)9-5/h11H,3-4H2,1-2H3. The van der Waals surface area contributed by atoms with E-state index in [2.05, 4.69) is 17.7 Å². The van der Waals surface area contributed by atoms with Crippen molar-refractivity contribution < 1.29 is 0 Å². The van der Waals surface area contributed by atoms with Crippen molar-refractivity contribution in [2.45, 2.75) is 13.3 Å². The molecule has 0 fully saturated rings. The van der Waals surface area contributed by atoms with Crippen LogP contribution in [-0.2, 0) is 13.5 Å². The van der Waals surface area contributed by atoms with Crippen molar-refractivity contribution in [3.05, 3.63) is 16.4 Å². The summed E-state index contributed by atoms with van der Waals surface area (Å²) in [5.41, 5.74) is 2.12. The van der Waals surface area contributed by atoms with Gasteiger partial charge in [-0.25, -0.2) is 0 Å². The number of rotatable bonds is 2. The van der Waals surface area contributed by atoms with Gasteiger partial charge >= 0.3 is 0 Å². The van der Waals surface area contributed by atoms with Gasteiger partial charge in [0.2, 0.25) is 0 Å². The zero-order chi connectivity index (χ0) is 8.43. The Labute approximate surface area is 77.0 Å². The van der Waals surface area contributed by atoms with Crippen molar-refractivity contribution >= 4 is 24.2 Å². The highest BCUT2D eigenvalue weighted by Gasteiger charge is 2.08. The average Bonchev–Trinajstić information content (AvgIpc) is 2.17. The van der Waals surface area contributed by atoms with Crippen molar-refractivity contribution in [3.63, 3.8) is 0 Å². The van der Waals surface area contributed by atoms with E-state index < -0.39 is 0 Å². The van der Waals surface area contributed by atoms with E-state index in [1.54, 1.807) is 4.68 Å². The lowest BCUT2D eigenvalue weighted by Gasteiger charge is -1.94. The Balaban J connectivity index is 3.02. The first-order valence-corrected chi connectivity index (χ1v) is 4.46. The van der Waals surface area contributed by atoms with Crippen LogP contribution in [0.3, 0.4) is 0 Å².